The van der Waals surface area contributed by atoms with E-state index in [1.54, 1.807) is 12.1 Å². The van der Waals surface area contributed by atoms with E-state index in [0.717, 1.165) is 6.08 Å². The first-order valence-corrected chi connectivity index (χ1v) is 3.96. The molecule has 0 atom stereocenters. The van der Waals surface area contributed by atoms with E-state index in [1.807, 2.05) is 0 Å². The van der Waals surface area contributed by atoms with Crippen LogP contribution in [0, 0.1) is 0 Å². The summed E-state index contributed by atoms with van der Waals surface area (Å²) in [6, 6.07) is 5.99. The van der Waals surface area contributed by atoms with E-state index in [1.165, 1.54) is 18.2 Å². The van der Waals surface area contributed by atoms with Gasteiger partial charge in [-0.1, -0.05) is 18.2 Å². The summed E-state index contributed by atoms with van der Waals surface area (Å²) in [5.41, 5.74) is 0.381. The fourth-order valence-electron chi connectivity index (χ4n) is 0.964. The normalized spacial score (nSPS) is 11.4. The number of halogens is 3. The van der Waals surface area contributed by atoms with Crippen molar-refractivity contribution in [3.63, 3.8) is 0 Å². The van der Waals surface area contributed by atoms with Crippen LogP contribution in [-0.2, 0) is 4.79 Å². The molecule has 0 radical (unpaired) electrons. The van der Waals surface area contributed by atoms with Crippen molar-refractivity contribution in [1.82, 2.24) is 0 Å². The van der Waals surface area contributed by atoms with Gasteiger partial charge in [0.15, 0.2) is 0 Å². The van der Waals surface area contributed by atoms with Crippen molar-refractivity contribution < 1.29 is 18.0 Å². The number of nitrogens with zero attached hydrogens (tertiary/aromatic N) is 1. The zero-order valence-corrected chi connectivity index (χ0v) is 7.45. The maximum Gasteiger partial charge on any atom is 0.409 e. The van der Waals surface area contributed by atoms with Crippen molar-refractivity contribution in [2.75, 3.05) is 0 Å². The van der Waals surface area contributed by atoms with Gasteiger partial charge in [0.25, 0.3) is 0 Å². The summed E-state index contributed by atoms with van der Waals surface area (Å²) in [4.78, 5) is 13.3. The summed E-state index contributed by atoms with van der Waals surface area (Å²) in [5.74, 6) is 0. The number of hydrogen-bond donors (Lipinski definition) is 0. The number of rotatable bonds is 2. The number of para-hydroxylation sites is 1. The molecule has 0 amide bonds. The number of aliphatic imine (C=N–C) groups is 1. The molecule has 0 aliphatic carbocycles. The molecule has 0 spiro atoms. The standard InChI is InChI=1S/C10H6F3NO/c11-10(12,13)6-5-8-3-1-2-4-9(8)14-7-15/h1-6H/b6-5+. The summed E-state index contributed by atoms with van der Waals surface area (Å²) < 4.78 is 35.6. The molecule has 2 nitrogen and oxygen atoms in total. The van der Waals surface area contributed by atoms with Gasteiger partial charge in [-0.05, 0) is 12.1 Å². The van der Waals surface area contributed by atoms with Crippen LogP contribution in [-0.4, -0.2) is 12.3 Å². The lowest BCUT2D eigenvalue weighted by Crippen LogP contribution is -2.00. The highest BCUT2D eigenvalue weighted by atomic mass is 19.4. The SMILES string of the molecule is O=C=Nc1ccccc1/C=C/C(F)(F)F. The summed E-state index contributed by atoms with van der Waals surface area (Å²) in [5, 5.41) is 0. The molecule has 78 valence electrons. The van der Waals surface area contributed by atoms with Crippen LogP contribution in [0.25, 0.3) is 6.08 Å². The Balaban J connectivity index is 3.04. The van der Waals surface area contributed by atoms with Gasteiger partial charge < -0.3 is 0 Å². The monoisotopic (exact) mass is 213 g/mol. The van der Waals surface area contributed by atoms with Gasteiger partial charge in [0.05, 0.1) is 5.69 Å². The first-order chi connectivity index (χ1) is 7.03. The van der Waals surface area contributed by atoms with Crippen LogP contribution in [0.3, 0.4) is 0 Å². The molecule has 0 aromatic heterocycles. The lowest BCUT2D eigenvalue weighted by molar-refractivity contribution is -0.0790. The zero-order chi connectivity index (χ0) is 11.3. The highest BCUT2D eigenvalue weighted by Crippen LogP contribution is 2.23. The number of hydrogen-bond acceptors (Lipinski definition) is 2. The molecule has 5 heteroatoms. The highest BCUT2D eigenvalue weighted by Gasteiger charge is 2.21. The summed E-state index contributed by atoms with van der Waals surface area (Å²) in [6.45, 7) is 0. The fraction of sp³-hybridized carbons (Fsp3) is 0.100. The number of benzene rings is 1. The quantitative estimate of drug-likeness (QED) is 0.547. The van der Waals surface area contributed by atoms with Crippen LogP contribution < -0.4 is 0 Å². The van der Waals surface area contributed by atoms with E-state index in [4.69, 9.17) is 0 Å². The van der Waals surface area contributed by atoms with Gasteiger partial charge in [-0.2, -0.15) is 18.2 Å². The van der Waals surface area contributed by atoms with E-state index in [0.29, 0.717) is 0 Å². The summed E-state index contributed by atoms with van der Waals surface area (Å²) in [6.07, 6.45) is -2.15. The smallest absolute Gasteiger partial charge is 0.211 e. The predicted octanol–water partition coefficient (Wildman–Crippen LogP) is 3.23. The Morgan fingerprint density at radius 1 is 1.27 bits per heavy atom. The molecule has 0 aliphatic heterocycles. The first-order valence-electron chi connectivity index (χ1n) is 3.96. The van der Waals surface area contributed by atoms with Crippen molar-refractivity contribution in [2.24, 2.45) is 4.99 Å². The molecular formula is C10H6F3NO. The van der Waals surface area contributed by atoms with Gasteiger partial charge in [0.2, 0.25) is 6.08 Å². The Kier molecular flexibility index (Phi) is 3.42. The number of alkyl halides is 3. The Morgan fingerprint density at radius 3 is 2.53 bits per heavy atom. The Bertz CT molecular complexity index is 417. The van der Waals surface area contributed by atoms with Crippen LogP contribution >= 0.6 is 0 Å². The molecular weight excluding hydrogens is 207 g/mol. The topological polar surface area (TPSA) is 29.4 Å². The number of carbonyl (C=O) groups excluding carboxylic acids is 1. The molecule has 0 N–H and O–H groups in total. The molecule has 1 aromatic rings. The predicted molar refractivity (Wildman–Crippen MR) is 49.3 cm³/mol. The molecule has 0 unspecified atom stereocenters. The third-order valence-electron chi connectivity index (χ3n) is 1.55. The van der Waals surface area contributed by atoms with Crippen LogP contribution in [0.2, 0.25) is 0 Å². The Labute approximate surface area is 83.8 Å². The van der Waals surface area contributed by atoms with Gasteiger partial charge in [-0.3, -0.25) is 0 Å². The number of allylic oxidation sites excluding steroid dienone is 1. The van der Waals surface area contributed by atoms with Gasteiger partial charge in [0.1, 0.15) is 0 Å². The second-order valence-corrected chi connectivity index (χ2v) is 2.64. The molecule has 0 bridgehead atoms. The maximum atomic E-state index is 11.9. The lowest BCUT2D eigenvalue weighted by atomic mass is 10.1. The molecule has 1 aromatic carbocycles. The zero-order valence-electron chi connectivity index (χ0n) is 7.45. The minimum absolute atomic E-state index is 0.0894. The third kappa shape index (κ3) is 3.79. The minimum atomic E-state index is -4.38. The van der Waals surface area contributed by atoms with Crippen molar-refractivity contribution in [3.8, 4) is 0 Å². The maximum absolute atomic E-state index is 11.9. The van der Waals surface area contributed by atoms with Crippen LogP contribution in [0.5, 0.6) is 0 Å². The average molecular weight is 213 g/mol. The van der Waals surface area contributed by atoms with E-state index < -0.39 is 6.18 Å². The molecule has 0 saturated heterocycles. The van der Waals surface area contributed by atoms with E-state index >= 15 is 0 Å². The van der Waals surface area contributed by atoms with Crippen LogP contribution in [0.4, 0.5) is 18.9 Å². The van der Waals surface area contributed by atoms with Crippen molar-refractivity contribution >= 4 is 17.8 Å². The second kappa shape index (κ2) is 4.57. The van der Waals surface area contributed by atoms with Crippen molar-refractivity contribution in [3.05, 3.63) is 35.9 Å². The molecule has 0 aliphatic rings. The van der Waals surface area contributed by atoms with Gasteiger partial charge >= 0.3 is 6.18 Å². The Morgan fingerprint density at radius 2 is 1.93 bits per heavy atom. The van der Waals surface area contributed by atoms with E-state index in [9.17, 15) is 18.0 Å². The van der Waals surface area contributed by atoms with Crippen molar-refractivity contribution in [1.29, 1.82) is 0 Å². The van der Waals surface area contributed by atoms with Gasteiger partial charge in [0, 0.05) is 11.6 Å². The largest absolute Gasteiger partial charge is 0.409 e. The number of isocyanates is 1. The molecule has 0 saturated carbocycles. The van der Waals surface area contributed by atoms with Gasteiger partial charge in [-0.25, -0.2) is 4.79 Å². The molecule has 0 heterocycles. The van der Waals surface area contributed by atoms with Gasteiger partial charge in [-0.15, -0.1) is 0 Å². The minimum Gasteiger partial charge on any atom is -0.211 e. The molecule has 0 fully saturated rings. The molecule has 15 heavy (non-hydrogen) atoms. The average Bonchev–Trinajstić information content (AvgIpc) is 2.16. The van der Waals surface area contributed by atoms with Crippen LogP contribution in [0.15, 0.2) is 35.3 Å². The van der Waals surface area contributed by atoms with E-state index in [2.05, 4.69) is 4.99 Å². The summed E-state index contributed by atoms with van der Waals surface area (Å²) in [7, 11) is 0. The second-order valence-electron chi connectivity index (χ2n) is 2.64. The fourth-order valence-corrected chi connectivity index (χ4v) is 0.964. The van der Waals surface area contributed by atoms with Crippen LogP contribution in [0.1, 0.15) is 5.56 Å². The van der Waals surface area contributed by atoms with E-state index in [-0.39, 0.29) is 17.3 Å². The highest BCUT2D eigenvalue weighted by molar-refractivity contribution is 5.66. The third-order valence-corrected chi connectivity index (χ3v) is 1.55. The summed E-state index contributed by atoms with van der Waals surface area (Å²) >= 11 is 0. The first kappa shape index (κ1) is 11.2. The Hall–Kier alpha value is -1.87. The van der Waals surface area contributed by atoms with Crippen molar-refractivity contribution in [2.45, 2.75) is 6.18 Å². The molecule has 1 rings (SSSR count). The lowest BCUT2D eigenvalue weighted by Gasteiger charge is -1.99.